The third-order valence-corrected chi connectivity index (χ3v) is 5.65. The Balaban J connectivity index is 1.93. The van der Waals surface area contributed by atoms with E-state index in [1.807, 2.05) is 0 Å². The van der Waals surface area contributed by atoms with Crippen LogP contribution in [0.5, 0.6) is 0 Å². The minimum Gasteiger partial charge on any atom is -0.326 e. The number of halogens is 1. The summed E-state index contributed by atoms with van der Waals surface area (Å²) < 4.78 is 39.6. The fourth-order valence-electron chi connectivity index (χ4n) is 2.39. The molecule has 122 valence electrons. The van der Waals surface area contributed by atoms with Gasteiger partial charge in [0.05, 0.1) is 0 Å². The second-order valence-corrected chi connectivity index (χ2v) is 7.61. The van der Waals surface area contributed by atoms with E-state index in [4.69, 9.17) is 0 Å². The lowest BCUT2D eigenvalue weighted by Crippen LogP contribution is -2.46. The molecule has 1 aromatic rings. The van der Waals surface area contributed by atoms with Crippen molar-refractivity contribution in [2.45, 2.75) is 12.8 Å². The van der Waals surface area contributed by atoms with E-state index in [1.165, 1.54) is 40.9 Å². The molecule has 2 rings (SSSR count). The van der Waals surface area contributed by atoms with Crippen molar-refractivity contribution in [3.05, 3.63) is 30.1 Å². The maximum Gasteiger partial charge on any atom is 0.281 e. The molecule has 1 saturated heterocycles. The number of hydrogen-bond acceptors (Lipinski definition) is 3. The van der Waals surface area contributed by atoms with Crippen molar-refractivity contribution < 1.29 is 17.6 Å². The Kier molecular flexibility index (Phi) is 5.15. The molecule has 1 aromatic carbocycles. The lowest BCUT2D eigenvalue weighted by molar-refractivity contribution is -0.120. The zero-order valence-corrected chi connectivity index (χ0v) is 13.4. The van der Waals surface area contributed by atoms with Crippen LogP contribution in [0.2, 0.25) is 0 Å². The normalized spacial score (nSPS) is 17.6. The zero-order valence-electron chi connectivity index (χ0n) is 12.6. The van der Waals surface area contributed by atoms with E-state index >= 15 is 0 Å². The van der Waals surface area contributed by atoms with Crippen LogP contribution in [0, 0.1) is 11.7 Å². The van der Waals surface area contributed by atoms with E-state index in [9.17, 15) is 17.6 Å². The number of rotatable bonds is 4. The van der Waals surface area contributed by atoms with Crippen molar-refractivity contribution in [1.82, 2.24) is 8.61 Å². The monoisotopic (exact) mass is 329 g/mol. The van der Waals surface area contributed by atoms with Gasteiger partial charge in [-0.1, -0.05) is 6.07 Å². The van der Waals surface area contributed by atoms with Crippen LogP contribution in [0.3, 0.4) is 0 Å². The number of carbonyl (C=O) groups excluding carboxylic acids is 1. The van der Waals surface area contributed by atoms with Crippen LogP contribution in [-0.2, 0) is 15.0 Å². The second-order valence-electron chi connectivity index (χ2n) is 5.46. The van der Waals surface area contributed by atoms with Crippen LogP contribution < -0.4 is 5.32 Å². The van der Waals surface area contributed by atoms with Gasteiger partial charge in [-0.25, -0.2) is 4.39 Å². The maximum atomic E-state index is 13.1. The van der Waals surface area contributed by atoms with Gasteiger partial charge in [0.1, 0.15) is 5.82 Å². The fraction of sp³-hybridized carbons (Fsp3) is 0.500. The summed E-state index contributed by atoms with van der Waals surface area (Å²) in [5, 5.41) is 2.67. The van der Waals surface area contributed by atoms with Crippen molar-refractivity contribution in [2.75, 3.05) is 32.5 Å². The summed E-state index contributed by atoms with van der Waals surface area (Å²) in [5.41, 5.74) is 0.411. The molecule has 1 aliphatic rings. The first-order valence-corrected chi connectivity index (χ1v) is 8.44. The predicted octanol–water partition coefficient (Wildman–Crippen LogP) is 1.28. The standard InChI is InChI=1S/C14H20FN3O3S/c1-17(2)22(20,21)18-8-6-11(7-9-18)14(19)16-13-5-3-4-12(15)10-13/h3-5,10-11H,6-9H2,1-2H3,(H,16,19). The summed E-state index contributed by atoms with van der Waals surface area (Å²) in [5.74, 6) is -0.880. The third-order valence-electron chi connectivity index (χ3n) is 3.70. The topological polar surface area (TPSA) is 69.7 Å². The van der Waals surface area contributed by atoms with Crippen molar-refractivity contribution in [3.63, 3.8) is 0 Å². The predicted molar refractivity (Wildman–Crippen MR) is 81.9 cm³/mol. The van der Waals surface area contributed by atoms with Gasteiger partial charge in [-0.15, -0.1) is 0 Å². The Labute approximate surface area is 130 Å². The summed E-state index contributed by atoms with van der Waals surface area (Å²) in [6.07, 6.45) is 0.905. The average Bonchev–Trinajstić information content (AvgIpc) is 2.47. The van der Waals surface area contributed by atoms with E-state index in [1.54, 1.807) is 6.07 Å². The first kappa shape index (κ1) is 16.9. The Morgan fingerprint density at radius 3 is 2.50 bits per heavy atom. The largest absolute Gasteiger partial charge is 0.326 e. The highest BCUT2D eigenvalue weighted by atomic mass is 32.2. The molecule has 0 atom stereocenters. The molecule has 6 nitrogen and oxygen atoms in total. The molecule has 1 amide bonds. The number of hydrogen-bond donors (Lipinski definition) is 1. The van der Waals surface area contributed by atoms with Crippen LogP contribution >= 0.6 is 0 Å². The van der Waals surface area contributed by atoms with Gasteiger partial charge < -0.3 is 5.32 Å². The highest BCUT2D eigenvalue weighted by Crippen LogP contribution is 2.22. The number of amides is 1. The van der Waals surface area contributed by atoms with Gasteiger partial charge in [-0.2, -0.15) is 17.0 Å². The molecule has 8 heteroatoms. The van der Waals surface area contributed by atoms with Gasteiger partial charge >= 0.3 is 0 Å². The number of carbonyl (C=O) groups is 1. The fourth-order valence-corrected chi connectivity index (χ4v) is 3.52. The van der Waals surface area contributed by atoms with Crippen LogP contribution in [0.4, 0.5) is 10.1 Å². The Morgan fingerprint density at radius 2 is 1.95 bits per heavy atom. The van der Waals surface area contributed by atoms with Crippen molar-refractivity contribution in [1.29, 1.82) is 0 Å². The first-order chi connectivity index (χ1) is 10.3. The molecular formula is C14H20FN3O3S. The molecule has 0 unspecified atom stereocenters. The zero-order chi connectivity index (χ0) is 16.3. The quantitative estimate of drug-likeness (QED) is 0.905. The molecule has 0 aliphatic carbocycles. The molecule has 1 fully saturated rings. The van der Waals surface area contributed by atoms with Crippen molar-refractivity contribution in [2.24, 2.45) is 5.92 Å². The number of benzene rings is 1. The molecule has 0 bridgehead atoms. The summed E-state index contributed by atoms with van der Waals surface area (Å²) in [6, 6.07) is 5.70. The molecule has 22 heavy (non-hydrogen) atoms. The molecule has 0 aromatic heterocycles. The van der Waals surface area contributed by atoms with Crippen LogP contribution in [0.1, 0.15) is 12.8 Å². The van der Waals surface area contributed by atoms with Crippen LogP contribution in [0.25, 0.3) is 0 Å². The van der Waals surface area contributed by atoms with E-state index in [0.717, 1.165) is 0 Å². The Morgan fingerprint density at radius 1 is 1.32 bits per heavy atom. The van der Waals surface area contributed by atoms with Crippen molar-refractivity contribution in [3.8, 4) is 0 Å². The molecule has 0 radical (unpaired) electrons. The van der Waals surface area contributed by atoms with E-state index < -0.39 is 16.0 Å². The number of nitrogens with one attached hydrogen (secondary N) is 1. The number of anilines is 1. The van der Waals surface area contributed by atoms with Crippen LogP contribution in [0.15, 0.2) is 24.3 Å². The maximum absolute atomic E-state index is 13.1. The number of nitrogens with zero attached hydrogens (tertiary/aromatic N) is 2. The third kappa shape index (κ3) is 3.82. The van der Waals surface area contributed by atoms with Crippen LogP contribution in [-0.4, -0.2) is 50.1 Å². The average molecular weight is 329 g/mol. The molecule has 1 aliphatic heterocycles. The summed E-state index contributed by atoms with van der Waals surface area (Å²) >= 11 is 0. The minimum absolute atomic E-state index is 0.201. The van der Waals surface area contributed by atoms with Crippen molar-refractivity contribution >= 4 is 21.8 Å². The molecule has 1 N–H and O–H groups in total. The van der Waals surface area contributed by atoms with Gasteiger partial charge in [-0.05, 0) is 31.0 Å². The van der Waals surface area contributed by atoms with E-state index in [0.29, 0.717) is 31.6 Å². The van der Waals surface area contributed by atoms with E-state index in [-0.39, 0.29) is 11.8 Å². The van der Waals surface area contributed by atoms with Gasteiger partial charge in [0.15, 0.2) is 0 Å². The highest BCUT2D eigenvalue weighted by Gasteiger charge is 2.32. The lowest BCUT2D eigenvalue weighted by atomic mass is 9.97. The summed E-state index contributed by atoms with van der Waals surface area (Å²) in [7, 11) is -0.460. The lowest BCUT2D eigenvalue weighted by Gasteiger charge is -2.32. The highest BCUT2D eigenvalue weighted by molar-refractivity contribution is 7.86. The molecular weight excluding hydrogens is 309 g/mol. The summed E-state index contributed by atoms with van der Waals surface area (Å²) in [4.78, 5) is 12.2. The first-order valence-electron chi connectivity index (χ1n) is 7.05. The smallest absolute Gasteiger partial charge is 0.281 e. The van der Waals surface area contributed by atoms with Gasteiger partial charge in [0.2, 0.25) is 5.91 Å². The van der Waals surface area contributed by atoms with Gasteiger partial charge in [0.25, 0.3) is 10.2 Å². The molecule has 0 saturated carbocycles. The summed E-state index contributed by atoms with van der Waals surface area (Å²) in [6.45, 7) is 0.615. The second kappa shape index (κ2) is 6.72. The van der Waals surface area contributed by atoms with Gasteiger partial charge in [0, 0.05) is 38.8 Å². The minimum atomic E-state index is -3.43. The Hall–Kier alpha value is -1.51. The van der Waals surface area contributed by atoms with E-state index in [2.05, 4.69) is 5.32 Å². The SMILES string of the molecule is CN(C)S(=O)(=O)N1CCC(C(=O)Nc2cccc(F)c2)CC1. The Bertz CT molecular complexity index is 640. The van der Waals surface area contributed by atoms with Gasteiger partial charge in [-0.3, -0.25) is 4.79 Å². The number of piperidine rings is 1. The molecule has 0 spiro atoms. The molecule has 1 heterocycles.